The first-order valence-corrected chi connectivity index (χ1v) is 16.3. The number of aryl methyl sites for hydroxylation is 4. The molecule has 3 aliphatic rings. The normalized spacial score (nSPS) is 28.1. The first kappa shape index (κ1) is 30.0. The van der Waals surface area contributed by atoms with Gasteiger partial charge in [0.05, 0.1) is 26.0 Å². The van der Waals surface area contributed by atoms with E-state index in [2.05, 4.69) is 0 Å². The number of nitrogens with zero attached hydrogens (tertiary/aromatic N) is 1. The average molecular weight is 638 g/mol. The Hall–Kier alpha value is -3.09. The highest BCUT2D eigenvalue weighted by Crippen LogP contribution is 2.59. The van der Waals surface area contributed by atoms with Crippen LogP contribution in [0.3, 0.4) is 0 Å². The highest BCUT2D eigenvalue weighted by molar-refractivity contribution is 7.49. The van der Waals surface area contributed by atoms with Gasteiger partial charge in [-0.15, -0.1) is 0 Å². The van der Waals surface area contributed by atoms with Crippen molar-refractivity contribution in [3.05, 3.63) is 90.5 Å². The molecule has 13 nitrogen and oxygen atoms in total. The van der Waals surface area contributed by atoms with Gasteiger partial charge >= 0.3 is 21.3 Å². The number of phosphoric ester groups is 2. The molecule has 2 unspecified atom stereocenters. The molecule has 1 saturated heterocycles. The minimum Gasteiger partial charge on any atom is -0.403 e. The Kier molecular flexibility index (Phi) is 7.75. The van der Waals surface area contributed by atoms with Crippen LogP contribution in [0, 0.1) is 33.5 Å². The number of benzene rings is 2. The maximum Gasteiger partial charge on any atom is 0.530 e. The molecule has 6 rings (SSSR count). The van der Waals surface area contributed by atoms with E-state index in [4.69, 9.17) is 31.9 Å². The number of phosphoric acid groups is 2. The number of rotatable bonds is 6. The third-order valence-electron chi connectivity index (χ3n) is 7.23. The van der Waals surface area contributed by atoms with Gasteiger partial charge in [-0.3, -0.25) is 32.4 Å². The summed E-state index contributed by atoms with van der Waals surface area (Å²) < 4.78 is 81.8. The SMILES string of the molecule is Cc1cc(C)c2c(c1)COP(=O)(OC[C@H]1O[C@@H](n3cc(F)c(=O)[nH]c3=O)C[C@@H]1OP1(=O)OCc3cc(C)cc(C)c3O1)O2. The Labute approximate surface area is 245 Å². The van der Waals surface area contributed by atoms with Gasteiger partial charge in [-0.2, -0.15) is 4.39 Å². The fourth-order valence-electron chi connectivity index (χ4n) is 5.39. The highest BCUT2D eigenvalue weighted by Gasteiger charge is 2.47. The lowest BCUT2D eigenvalue weighted by Crippen LogP contribution is -2.34. The molecule has 4 heterocycles. The predicted octanol–water partition coefficient (Wildman–Crippen LogP) is 5.03. The smallest absolute Gasteiger partial charge is 0.403 e. The van der Waals surface area contributed by atoms with Gasteiger partial charge in [0, 0.05) is 17.5 Å². The fraction of sp³-hybridized carbons (Fsp3) is 0.407. The third kappa shape index (κ3) is 6.01. The molecular weight excluding hydrogens is 609 g/mol. The first-order valence-electron chi connectivity index (χ1n) is 13.4. The molecular formula is C27H29FN2O11P2. The summed E-state index contributed by atoms with van der Waals surface area (Å²) in [4.78, 5) is 25.9. The Bertz CT molecular complexity index is 1820. The van der Waals surface area contributed by atoms with Gasteiger partial charge in [0.1, 0.15) is 29.9 Å². The molecule has 1 aromatic heterocycles. The Morgan fingerprint density at radius 1 is 0.930 bits per heavy atom. The van der Waals surface area contributed by atoms with E-state index in [1.54, 1.807) is 13.8 Å². The van der Waals surface area contributed by atoms with Crippen LogP contribution in [0.5, 0.6) is 11.5 Å². The second-order valence-corrected chi connectivity index (χ2v) is 13.9. The lowest BCUT2D eigenvalue weighted by Gasteiger charge is -2.30. The summed E-state index contributed by atoms with van der Waals surface area (Å²) in [5.41, 5.74) is 2.69. The van der Waals surface area contributed by atoms with E-state index in [9.17, 15) is 23.1 Å². The number of fused-ring (bicyclic) bond motifs is 2. The quantitative estimate of drug-likeness (QED) is 0.362. The molecule has 0 bridgehead atoms. The Morgan fingerprint density at radius 3 is 2.14 bits per heavy atom. The van der Waals surface area contributed by atoms with Crippen molar-refractivity contribution in [2.75, 3.05) is 6.61 Å². The molecule has 2 aromatic carbocycles. The molecule has 43 heavy (non-hydrogen) atoms. The third-order valence-corrected chi connectivity index (χ3v) is 9.93. The molecule has 5 atom stereocenters. The van der Waals surface area contributed by atoms with Crippen molar-refractivity contribution in [1.29, 1.82) is 0 Å². The molecule has 1 N–H and O–H groups in total. The van der Waals surface area contributed by atoms with Gasteiger partial charge in [-0.1, -0.05) is 35.4 Å². The number of nitrogens with one attached hydrogen (secondary N) is 1. The summed E-state index contributed by atoms with van der Waals surface area (Å²) in [6, 6.07) is 7.42. The molecule has 3 aromatic rings. The number of ether oxygens (including phenoxy) is 1. The minimum atomic E-state index is -4.24. The van der Waals surface area contributed by atoms with Gasteiger partial charge in [-0.25, -0.2) is 13.9 Å². The van der Waals surface area contributed by atoms with Crippen LogP contribution >= 0.6 is 15.6 Å². The number of halogens is 1. The van der Waals surface area contributed by atoms with E-state index in [-0.39, 0.29) is 19.6 Å². The van der Waals surface area contributed by atoms with E-state index >= 15 is 0 Å². The van der Waals surface area contributed by atoms with Gasteiger partial charge in [-0.05, 0) is 38.8 Å². The summed E-state index contributed by atoms with van der Waals surface area (Å²) in [7, 11) is -8.38. The monoisotopic (exact) mass is 638 g/mol. The lowest BCUT2D eigenvalue weighted by atomic mass is 10.1. The van der Waals surface area contributed by atoms with Crippen molar-refractivity contribution < 1.29 is 45.4 Å². The molecule has 0 radical (unpaired) electrons. The molecule has 1 fully saturated rings. The molecule has 0 amide bonds. The van der Waals surface area contributed by atoms with Gasteiger partial charge in [0.25, 0.3) is 5.56 Å². The Balaban J connectivity index is 1.25. The van der Waals surface area contributed by atoms with Crippen LogP contribution in [0.2, 0.25) is 0 Å². The van der Waals surface area contributed by atoms with Gasteiger partial charge in [0.2, 0.25) is 5.82 Å². The zero-order chi connectivity index (χ0) is 30.7. The largest absolute Gasteiger partial charge is 0.530 e. The van der Waals surface area contributed by atoms with Crippen LogP contribution < -0.4 is 20.3 Å². The number of aromatic amines is 1. The number of hydrogen-bond acceptors (Lipinski definition) is 11. The summed E-state index contributed by atoms with van der Waals surface area (Å²) in [5.74, 6) is -0.474. The number of H-pyrrole nitrogens is 1. The predicted molar refractivity (Wildman–Crippen MR) is 149 cm³/mol. The van der Waals surface area contributed by atoms with Crippen molar-refractivity contribution in [1.82, 2.24) is 9.55 Å². The second kappa shape index (κ2) is 11.1. The summed E-state index contributed by atoms with van der Waals surface area (Å²) in [6.45, 7) is 6.89. The zero-order valence-electron chi connectivity index (χ0n) is 23.7. The van der Waals surface area contributed by atoms with Crippen molar-refractivity contribution >= 4 is 15.6 Å². The molecule has 0 aliphatic carbocycles. The van der Waals surface area contributed by atoms with Gasteiger partial charge in [0.15, 0.2) is 0 Å². The number of aromatic nitrogens is 2. The van der Waals surface area contributed by atoms with Gasteiger partial charge < -0.3 is 13.8 Å². The molecule has 0 spiro atoms. The van der Waals surface area contributed by atoms with Crippen LogP contribution in [0.15, 0.2) is 40.1 Å². The van der Waals surface area contributed by atoms with Crippen molar-refractivity contribution in [3.8, 4) is 11.5 Å². The minimum absolute atomic E-state index is 0.0234. The zero-order valence-corrected chi connectivity index (χ0v) is 25.4. The number of hydrogen-bond donors (Lipinski definition) is 1. The summed E-state index contributed by atoms with van der Waals surface area (Å²) in [6.07, 6.45) is -2.92. The van der Waals surface area contributed by atoms with E-state index in [0.717, 1.165) is 26.8 Å². The van der Waals surface area contributed by atoms with E-state index in [0.29, 0.717) is 28.8 Å². The topological polar surface area (TPSA) is 154 Å². The summed E-state index contributed by atoms with van der Waals surface area (Å²) in [5, 5.41) is 0. The summed E-state index contributed by atoms with van der Waals surface area (Å²) >= 11 is 0. The van der Waals surface area contributed by atoms with Crippen molar-refractivity contribution in [3.63, 3.8) is 0 Å². The van der Waals surface area contributed by atoms with Crippen LogP contribution in [0.4, 0.5) is 4.39 Å². The molecule has 0 saturated carbocycles. The van der Waals surface area contributed by atoms with E-state index in [1.165, 1.54) is 0 Å². The molecule has 3 aliphatic heterocycles. The van der Waals surface area contributed by atoms with Crippen LogP contribution in [-0.2, 0) is 45.2 Å². The fourth-order valence-corrected chi connectivity index (χ4v) is 8.17. The lowest BCUT2D eigenvalue weighted by molar-refractivity contribution is -0.0478. The Morgan fingerprint density at radius 2 is 1.51 bits per heavy atom. The van der Waals surface area contributed by atoms with Crippen LogP contribution in [0.25, 0.3) is 0 Å². The van der Waals surface area contributed by atoms with E-state index < -0.39 is 57.8 Å². The van der Waals surface area contributed by atoms with Crippen molar-refractivity contribution in [2.45, 2.75) is 65.8 Å². The average Bonchev–Trinajstić information content (AvgIpc) is 3.32. The maximum atomic E-state index is 14.1. The second-order valence-electron chi connectivity index (χ2n) is 10.7. The molecule has 16 heteroatoms. The maximum absolute atomic E-state index is 14.1. The highest BCUT2D eigenvalue weighted by atomic mass is 31.2. The standard InChI is InChI=1S/C27H29FN2O11P2/c1-14-5-16(3)24-18(7-14)11-35-42(33,40-24)37-13-22-21(9-23(38-22)30-10-20(28)26(31)29-27(30)32)39-43(34)36-12-19-8-15(2)6-17(4)25(19)41-43/h5-8,10,21-23H,9,11-13H2,1-4H3,(H,29,31,32)/t21-,22+,23+,42?,43?/m0/s1. The van der Waals surface area contributed by atoms with Crippen LogP contribution in [-0.4, -0.2) is 28.4 Å². The van der Waals surface area contributed by atoms with Crippen molar-refractivity contribution in [2.24, 2.45) is 0 Å². The van der Waals surface area contributed by atoms with Crippen LogP contribution in [0.1, 0.15) is 46.0 Å². The first-order chi connectivity index (χ1) is 20.3. The van der Waals surface area contributed by atoms with E-state index in [1.807, 2.05) is 43.1 Å². The molecule has 230 valence electrons.